The van der Waals surface area contributed by atoms with Gasteiger partial charge in [0.05, 0.1) is 17.8 Å². The van der Waals surface area contributed by atoms with E-state index in [-0.39, 0.29) is 53.2 Å². The summed E-state index contributed by atoms with van der Waals surface area (Å²) >= 11 is 0. The minimum absolute atomic E-state index is 0.0831. The van der Waals surface area contributed by atoms with Crippen molar-refractivity contribution in [1.29, 1.82) is 0 Å². The van der Waals surface area contributed by atoms with Crippen molar-refractivity contribution >= 4 is 5.97 Å². The Labute approximate surface area is 224 Å². The molecule has 5 N–H and O–H groups in total. The Morgan fingerprint density at radius 3 is 2.50 bits per heavy atom. The van der Waals surface area contributed by atoms with E-state index >= 15 is 0 Å². The van der Waals surface area contributed by atoms with E-state index in [9.17, 15) is 30.3 Å². The van der Waals surface area contributed by atoms with Crippen LogP contribution in [0.2, 0.25) is 0 Å². The zero-order valence-corrected chi connectivity index (χ0v) is 22.5. The van der Waals surface area contributed by atoms with Gasteiger partial charge in [-0.2, -0.15) is 0 Å². The van der Waals surface area contributed by atoms with Crippen LogP contribution >= 0.6 is 0 Å². The van der Waals surface area contributed by atoms with Crippen molar-refractivity contribution in [3.05, 3.63) is 11.6 Å². The van der Waals surface area contributed by atoms with Gasteiger partial charge in [0.1, 0.15) is 24.9 Å². The average Bonchev–Trinajstić information content (AvgIpc) is 3.45. The molecule has 0 aromatic carbocycles. The maximum atomic E-state index is 12.4. The van der Waals surface area contributed by atoms with E-state index in [1.807, 2.05) is 0 Å². The third-order valence-corrected chi connectivity index (χ3v) is 12.1. The molecule has 4 aliphatic carbocycles. The number of rotatable bonds is 4. The molecule has 6 aliphatic rings. The number of fused-ring (bicyclic) bond motifs is 5. The Morgan fingerprint density at radius 1 is 1.00 bits per heavy atom. The van der Waals surface area contributed by atoms with Crippen LogP contribution in [0.15, 0.2) is 11.6 Å². The summed E-state index contributed by atoms with van der Waals surface area (Å²) in [5, 5.41) is 53.9. The lowest BCUT2D eigenvalue weighted by Crippen LogP contribution is -2.64. The van der Waals surface area contributed by atoms with Crippen LogP contribution in [0.3, 0.4) is 0 Å². The van der Waals surface area contributed by atoms with Gasteiger partial charge in [-0.1, -0.05) is 6.92 Å². The van der Waals surface area contributed by atoms with Crippen molar-refractivity contribution in [1.82, 2.24) is 0 Å². The minimum Gasteiger partial charge on any atom is -0.458 e. The number of esters is 1. The molecule has 0 unspecified atom stereocenters. The van der Waals surface area contributed by atoms with Crippen LogP contribution in [0.25, 0.3) is 0 Å². The number of ether oxygens (including phenoxy) is 3. The molecule has 0 radical (unpaired) electrons. The van der Waals surface area contributed by atoms with Crippen molar-refractivity contribution in [2.24, 2.45) is 34.5 Å². The first-order valence-electron chi connectivity index (χ1n) is 14.6. The second-order valence-corrected chi connectivity index (χ2v) is 13.4. The first kappa shape index (κ1) is 27.1. The van der Waals surface area contributed by atoms with Crippen molar-refractivity contribution in [2.75, 3.05) is 13.2 Å². The number of aliphatic hydroxyl groups excluding tert-OH is 4. The van der Waals surface area contributed by atoms with Gasteiger partial charge in [-0.3, -0.25) is 0 Å². The molecule has 0 amide bonds. The predicted molar refractivity (Wildman–Crippen MR) is 134 cm³/mol. The lowest BCUT2D eigenvalue weighted by Gasteiger charge is -2.64. The number of cyclic esters (lactones) is 1. The molecule has 0 aromatic rings. The molecule has 2 heterocycles. The summed E-state index contributed by atoms with van der Waals surface area (Å²) in [6, 6.07) is 0. The normalized spacial score (nSPS) is 54.5. The molecule has 0 bridgehead atoms. The van der Waals surface area contributed by atoms with Gasteiger partial charge in [0.15, 0.2) is 6.29 Å². The largest absolute Gasteiger partial charge is 0.458 e. The third-order valence-electron chi connectivity index (χ3n) is 12.1. The van der Waals surface area contributed by atoms with Crippen molar-refractivity contribution < 1.29 is 44.5 Å². The molecule has 1 saturated heterocycles. The van der Waals surface area contributed by atoms with E-state index in [1.165, 1.54) is 0 Å². The van der Waals surface area contributed by atoms with E-state index in [1.54, 1.807) is 13.0 Å². The minimum atomic E-state index is -1.32. The zero-order valence-electron chi connectivity index (χ0n) is 22.5. The smallest absolute Gasteiger partial charge is 0.331 e. The monoisotopic (exact) mass is 536 g/mol. The van der Waals surface area contributed by atoms with Crippen LogP contribution in [0.1, 0.15) is 71.6 Å². The van der Waals surface area contributed by atoms with Gasteiger partial charge in [-0.25, -0.2) is 4.79 Å². The molecule has 214 valence electrons. The highest BCUT2D eigenvalue weighted by molar-refractivity contribution is 5.85. The fourth-order valence-electron chi connectivity index (χ4n) is 9.91. The van der Waals surface area contributed by atoms with Gasteiger partial charge in [-0.05, 0) is 99.4 Å². The quantitative estimate of drug-likeness (QED) is 0.266. The summed E-state index contributed by atoms with van der Waals surface area (Å²) in [5.41, 5.74) is -0.401. The maximum absolute atomic E-state index is 12.4. The summed E-state index contributed by atoms with van der Waals surface area (Å²) in [5.74, 6) is 0.414. The Bertz CT molecular complexity index is 970. The highest BCUT2D eigenvalue weighted by Gasteiger charge is 2.68. The topological polar surface area (TPSA) is 146 Å². The lowest BCUT2D eigenvalue weighted by molar-refractivity contribution is -0.311. The van der Waals surface area contributed by atoms with Crippen LogP contribution in [0.4, 0.5) is 0 Å². The van der Waals surface area contributed by atoms with E-state index in [2.05, 4.69) is 6.92 Å². The summed E-state index contributed by atoms with van der Waals surface area (Å²) < 4.78 is 17.1. The zero-order chi connectivity index (χ0) is 27.0. The number of carbonyl (C=O) groups excluding carboxylic acids is 1. The molecule has 5 fully saturated rings. The summed E-state index contributed by atoms with van der Waals surface area (Å²) in [6.07, 6.45) is 3.35. The highest BCUT2D eigenvalue weighted by Crippen LogP contribution is 2.70. The summed E-state index contributed by atoms with van der Waals surface area (Å²) in [4.78, 5) is 11.8. The highest BCUT2D eigenvalue weighted by atomic mass is 16.7. The Balaban J connectivity index is 1.19. The first-order valence-corrected chi connectivity index (χ1v) is 14.6. The number of hydrogen-bond donors (Lipinski definition) is 5. The average molecular weight is 537 g/mol. The maximum Gasteiger partial charge on any atom is 0.331 e. The standard InChI is InChI=1S/C29H44O9/c1-15-23(32)24(33)25(34)26(37-15)38-18-5-9-28(14-30)17(12-18)3-4-21-20(28)6-8-27(2)19(7-10-29(21,27)35)16-11-22(31)36-13-16/h11,15,17-21,23-26,30,32-35H,3-10,12-14H2,1-2H3/t15-,17+,18+,19-,20-,21+,23-,24+,25+,26+,27+,28-,29+/m0/s1. The first-order chi connectivity index (χ1) is 18.0. The van der Waals surface area contributed by atoms with Crippen LogP contribution in [-0.4, -0.2) is 87.1 Å². The van der Waals surface area contributed by atoms with Gasteiger partial charge in [0.25, 0.3) is 0 Å². The molecule has 13 atom stereocenters. The van der Waals surface area contributed by atoms with Crippen LogP contribution in [0.5, 0.6) is 0 Å². The summed E-state index contributed by atoms with van der Waals surface area (Å²) in [7, 11) is 0. The van der Waals surface area contributed by atoms with Crippen LogP contribution < -0.4 is 0 Å². The second-order valence-electron chi connectivity index (χ2n) is 13.4. The number of hydrogen-bond acceptors (Lipinski definition) is 9. The van der Waals surface area contributed by atoms with Gasteiger partial charge in [-0.15, -0.1) is 0 Å². The molecular weight excluding hydrogens is 492 g/mol. The Kier molecular flexibility index (Phi) is 6.78. The molecule has 9 nitrogen and oxygen atoms in total. The molecule has 2 aliphatic heterocycles. The van der Waals surface area contributed by atoms with Crippen molar-refractivity contribution in [3.63, 3.8) is 0 Å². The molecule has 9 heteroatoms. The summed E-state index contributed by atoms with van der Waals surface area (Å²) in [6.45, 7) is 4.27. The molecule has 0 aromatic heterocycles. The molecule has 4 saturated carbocycles. The third kappa shape index (κ3) is 3.80. The van der Waals surface area contributed by atoms with Crippen molar-refractivity contribution in [2.45, 2.75) is 114 Å². The number of aliphatic hydroxyl groups is 5. The molecule has 0 spiro atoms. The fourth-order valence-corrected chi connectivity index (χ4v) is 9.91. The molecular formula is C29H44O9. The van der Waals surface area contributed by atoms with Crippen LogP contribution in [0, 0.1) is 34.5 Å². The lowest BCUT2D eigenvalue weighted by atomic mass is 9.43. The molecule has 38 heavy (non-hydrogen) atoms. The SMILES string of the molecule is C[C@@H]1O[C@H](O[C@@H]2CC[C@]3(CO)[C@H](CC[C@@H]4[C@@H]3CC[C@]3(C)[C@H](C5=CC(=O)OC5)CC[C@@]43O)C2)[C@H](O)[C@H](O)[C@H]1O. The predicted octanol–water partition coefficient (Wildman–Crippen LogP) is 1.43. The van der Waals surface area contributed by atoms with Gasteiger partial charge < -0.3 is 39.7 Å². The van der Waals surface area contributed by atoms with E-state index in [0.717, 1.165) is 50.5 Å². The Hall–Kier alpha value is -1.07. The van der Waals surface area contributed by atoms with Gasteiger partial charge >= 0.3 is 5.97 Å². The molecule has 6 rings (SSSR count). The van der Waals surface area contributed by atoms with E-state index in [0.29, 0.717) is 19.4 Å². The second kappa shape index (κ2) is 9.50. The van der Waals surface area contributed by atoms with E-state index in [4.69, 9.17) is 14.2 Å². The van der Waals surface area contributed by atoms with Crippen LogP contribution in [-0.2, 0) is 19.0 Å². The fraction of sp³-hybridized carbons (Fsp3) is 0.897. The van der Waals surface area contributed by atoms with Gasteiger partial charge in [0, 0.05) is 18.1 Å². The number of carbonyl (C=O) groups is 1. The van der Waals surface area contributed by atoms with E-state index < -0.39 is 36.3 Å². The van der Waals surface area contributed by atoms with Gasteiger partial charge in [0.2, 0.25) is 0 Å². The van der Waals surface area contributed by atoms with Crippen molar-refractivity contribution in [3.8, 4) is 0 Å². The Morgan fingerprint density at radius 2 is 1.79 bits per heavy atom.